The van der Waals surface area contributed by atoms with Crippen molar-refractivity contribution in [2.24, 2.45) is 0 Å². The molecule has 0 aliphatic carbocycles. The van der Waals surface area contributed by atoms with Crippen molar-refractivity contribution in [2.45, 2.75) is 103 Å². The molecule has 1 aliphatic heterocycles. The van der Waals surface area contributed by atoms with E-state index in [0.717, 1.165) is 6.04 Å². The van der Waals surface area contributed by atoms with Crippen LogP contribution in [0.4, 0.5) is 0 Å². The lowest BCUT2D eigenvalue weighted by Gasteiger charge is -2.46. The Bertz CT molecular complexity index is 254. The molecule has 0 aromatic rings. The van der Waals surface area contributed by atoms with E-state index >= 15 is 0 Å². The lowest BCUT2D eigenvalue weighted by atomic mass is 9.92. The van der Waals surface area contributed by atoms with E-state index in [9.17, 15) is 0 Å². The Kier molecular flexibility index (Phi) is 9.59. The average Bonchev–Trinajstić information content (AvgIpc) is 2.50. The predicted molar refractivity (Wildman–Crippen MR) is 95.0 cm³/mol. The average molecular weight is 297 g/mol. The summed E-state index contributed by atoms with van der Waals surface area (Å²) < 4.78 is 0. The molecule has 1 heterocycles. The zero-order chi connectivity index (χ0) is 15.6. The van der Waals surface area contributed by atoms with Crippen LogP contribution < -0.4 is 5.32 Å². The van der Waals surface area contributed by atoms with Crippen LogP contribution in [0.15, 0.2) is 0 Å². The lowest BCUT2D eigenvalue weighted by Crippen LogP contribution is -2.62. The van der Waals surface area contributed by atoms with Crippen LogP contribution in [0.25, 0.3) is 0 Å². The zero-order valence-electron chi connectivity index (χ0n) is 15.2. The Balaban J connectivity index is 2.16. The molecule has 1 N–H and O–H groups in total. The van der Waals surface area contributed by atoms with Crippen molar-refractivity contribution in [3.63, 3.8) is 0 Å². The lowest BCUT2D eigenvalue weighted by molar-refractivity contribution is 0.0803. The molecule has 1 fully saturated rings. The minimum Gasteiger partial charge on any atom is -0.309 e. The van der Waals surface area contributed by atoms with Crippen molar-refractivity contribution < 1.29 is 0 Å². The molecule has 126 valence electrons. The van der Waals surface area contributed by atoms with Gasteiger partial charge in [-0.2, -0.15) is 0 Å². The summed E-state index contributed by atoms with van der Waals surface area (Å²) in [5.41, 5.74) is 0.339. The maximum Gasteiger partial charge on any atom is 0.0278 e. The highest BCUT2D eigenvalue weighted by molar-refractivity contribution is 4.93. The van der Waals surface area contributed by atoms with Gasteiger partial charge in [-0.1, -0.05) is 65.7 Å². The molecular formula is C19H40N2. The molecule has 0 amide bonds. The molecule has 2 nitrogen and oxygen atoms in total. The number of piperazine rings is 1. The highest BCUT2D eigenvalue weighted by Crippen LogP contribution is 2.21. The fourth-order valence-electron chi connectivity index (χ4n) is 3.48. The normalized spacial score (nSPS) is 27.1. The molecule has 1 rings (SSSR count). The van der Waals surface area contributed by atoms with Gasteiger partial charge in [0.15, 0.2) is 0 Å². The van der Waals surface area contributed by atoms with E-state index in [1.54, 1.807) is 0 Å². The number of hydrogen-bond donors (Lipinski definition) is 1. The van der Waals surface area contributed by atoms with E-state index in [2.05, 4.69) is 37.9 Å². The van der Waals surface area contributed by atoms with Gasteiger partial charge in [0, 0.05) is 24.7 Å². The van der Waals surface area contributed by atoms with Crippen molar-refractivity contribution in [3.8, 4) is 0 Å². The Morgan fingerprint density at radius 3 is 2.14 bits per heavy atom. The Hall–Kier alpha value is -0.0800. The first-order valence-corrected chi connectivity index (χ1v) is 9.64. The zero-order valence-corrected chi connectivity index (χ0v) is 15.2. The number of nitrogens with zero attached hydrogens (tertiary/aromatic N) is 1. The van der Waals surface area contributed by atoms with Gasteiger partial charge in [-0.25, -0.2) is 0 Å². The molecule has 0 spiro atoms. The van der Waals surface area contributed by atoms with Crippen molar-refractivity contribution in [3.05, 3.63) is 0 Å². The fourth-order valence-corrected chi connectivity index (χ4v) is 3.48. The summed E-state index contributed by atoms with van der Waals surface area (Å²) in [5, 5.41) is 3.76. The van der Waals surface area contributed by atoms with Gasteiger partial charge in [-0.15, -0.1) is 0 Å². The Labute approximate surface area is 134 Å². The van der Waals surface area contributed by atoms with Crippen LogP contribution in [0, 0.1) is 0 Å². The summed E-state index contributed by atoms with van der Waals surface area (Å²) in [4.78, 5) is 2.76. The van der Waals surface area contributed by atoms with Crippen molar-refractivity contribution in [1.29, 1.82) is 0 Å². The standard InChI is InChI=1S/C19H40N2/c1-5-8-9-10-11-12-13-14-15-21-17-19(4,7-3)20-16-18(21)6-2/h18,20H,5-17H2,1-4H3. The van der Waals surface area contributed by atoms with Gasteiger partial charge in [-0.05, 0) is 32.7 Å². The van der Waals surface area contributed by atoms with Crippen molar-refractivity contribution in [2.75, 3.05) is 19.6 Å². The second-order valence-corrected chi connectivity index (χ2v) is 7.30. The molecule has 2 heteroatoms. The van der Waals surface area contributed by atoms with Crippen LogP contribution in [0.1, 0.15) is 91.9 Å². The third-order valence-corrected chi connectivity index (χ3v) is 5.38. The molecule has 0 bridgehead atoms. The molecule has 2 atom stereocenters. The van der Waals surface area contributed by atoms with Crippen LogP contribution in [0.5, 0.6) is 0 Å². The van der Waals surface area contributed by atoms with Crippen LogP contribution in [0.3, 0.4) is 0 Å². The topological polar surface area (TPSA) is 15.3 Å². The Morgan fingerprint density at radius 1 is 0.952 bits per heavy atom. The van der Waals surface area contributed by atoms with Crippen molar-refractivity contribution >= 4 is 0 Å². The molecule has 0 radical (unpaired) electrons. The quantitative estimate of drug-likeness (QED) is 0.541. The smallest absolute Gasteiger partial charge is 0.0278 e. The fraction of sp³-hybridized carbons (Fsp3) is 1.00. The summed E-state index contributed by atoms with van der Waals surface area (Å²) in [5.74, 6) is 0. The number of rotatable bonds is 11. The van der Waals surface area contributed by atoms with Gasteiger partial charge < -0.3 is 5.32 Å². The molecule has 1 saturated heterocycles. The maximum atomic E-state index is 3.76. The molecular weight excluding hydrogens is 256 g/mol. The van der Waals surface area contributed by atoms with Crippen LogP contribution in [-0.4, -0.2) is 36.1 Å². The minimum atomic E-state index is 0.339. The van der Waals surface area contributed by atoms with Crippen LogP contribution in [-0.2, 0) is 0 Å². The third-order valence-electron chi connectivity index (χ3n) is 5.38. The minimum absolute atomic E-state index is 0.339. The highest BCUT2D eigenvalue weighted by Gasteiger charge is 2.33. The van der Waals surface area contributed by atoms with Gasteiger partial charge in [0.05, 0.1) is 0 Å². The van der Waals surface area contributed by atoms with Gasteiger partial charge >= 0.3 is 0 Å². The largest absolute Gasteiger partial charge is 0.309 e. The van der Waals surface area contributed by atoms with E-state index in [4.69, 9.17) is 0 Å². The maximum absolute atomic E-state index is 3.76. The highest BCUT2D eigenvalue weighted by atomic mass is 15.2. The molecule has 0 aromatic carbocycles. The molecule has 2 unspecified atom stereocenters. The monoisotopic (exact) mass is 296 g/mol. The SMILES string of the molecule is CCCCCCCCCCN1CC(C)(CC)NCC1CC. The third kappa shape index (κ3) is 7.15. The predicted octanol–water partition coefficient (Wildman–Crippen LogP) is 4.98. The first-order valence-electron chi connectivity index (χ1n) is 9.64. The summed E-state index contributed by atoms with van der Waals surface area (Å²) in [6, 6.07) is 0.758. The number of hydrogen-bond acceptors (Lipinski definition) is 2. The van der Waals surface area contributed by atoms with Crippen LogP contribution >= 0.6 is 0 Å². The molecule has 0 aromatic heterocycles. The summed E-state index contributed by atoms with van der Waals surface area (Å²) in [6.07, 6.45) is 13.9. The van der Waals surface area contributed by atoms with Crippen molar-refractivity contribution in [1.82, 2.24) is 10.2 Å². The van der Waals surface area contributed by atoms with Gasteiger partial charge in [0.25, 0.3) is 0 Å². The van der Waals surface area contributed by atoms with Gasteiger partial charge in [0.2, 0.25) is 0 Å². The van der Waals surface area contributed by atoms with E-state index in [-0.39, 0.29) is 0 Å². The Morgan fingerprint density at radius 2 is 1.57 bits per heavy atom. The van der Waals surface area contributed by atoms with E-state index in [1.165, 1.54) is 83.8 Å². The van der Waals surface area contributed by atoms with E-state index in [1.807, 2.05) is 0 Å². The second-order valence-electron chi connectivity index (χ2n) is 7.30. The van der Waals surface area contributed by atoms with Crippen LogP contribution in [0.2, 0.25) is 0 Å². The summed E-state index contributed by atoms with van der Waals surface area (Å²) in [7, 11) is 0. The number of unbranched alkanes of at least 4 members (excludes halogenated alkanes) is 7. The number of nitrogens with one attached hydrogen (secondary N) is 1. The summed E-state index contributed by atoms with van der Waals surface area (Å²) in [6.45, 7) is 13.1. The molecule has 1 aliphatic rings. The molecule has 21 heavy (non-hydrogen) atoms. The van der Waals surface area contributed by atoms with E-state index in [0.29, 0.717) is 5.54 Å². The first kappa shape index (κ1) is 19.0. The van der Waals surface area contributed by atoms with Gasteiger partial charge in [0.1, 0.15) is 0 Å². The summed E-state index contributed by atoms with van der Waals surface area (Å²) >= 11 is 0. The second kappa shape index (κ2) is 10.6. The molecule has 0 saturated carbocycles. The van der Waals surface area contributed by atoms with Gasteiger partial charge in [-0.3, -0.25) is 4.90 Å². The van der Waals surface area contributed by atoms with E-state index < -0.39 is 0 Å². The first-order chi connectivity index (χ1) is 10.1.